The van der Waals surface area contributed by atoms with E-state index in [9.17, 15) is 9.59 Å². The lowest BCUT2D eigenvalue weighted by Crippen LogP contribution is -2.48. The van der Waals surface area contributed by atoms with Crippen LogP contribution in [0.5, 0.6) is 0 Å². The van der Waals surface area contributed by atoms with E-state index in [1.165, 1.54) is 0 Å². The molecule has 138 valence electrons. The maximum atomic E-state index is 12.6. The molecule has 0 radical (unpaired) electrons. The average Bonchev–Trinajstić information content (AvgIpc) is 2.73. The van der Waals surface area contributed by atoms with Crippen molar-refractivity contribution in [2.75, 3.05) is 37.7 Å². The first-order valence-corrected chi connectivity index (χ1v) is 8.94. The van der Waals surface area contributed by atoms with E-state index in [1.54, 1.807) is 48.2 Å². The summed E-state index contributed by atoms with van der Waals surface area (Å²) >= 11 is 0. The summed E-state index contributed by atoms with van der Waals surface area (Å²) in [6.45, 7) is 4.77. The highest BCUT2D eigenvalue weighted by atomic mass is 16.5. The summed E-state index contributed by atoms with van der Waals surface area (Å²) in [5.41, 5.74) is 2.58. The van der Waals surface area contributed by atoms with Crippen molar-refractivity contribution in [1.82, 2.24) is 4.90 Å². The quantitative estimate of drug-likeness (QED) is 0.781. The van der Waals surface area contributed by atoms with Crippen molar-refractivity contribution < 1.29 is 14.3 Å². The molecule has 1 aliphatic heterocycles. The van der Waals surface area contributed by atoms with Crippen LogP contribution in [0.1, 0.15) is 33.2 Å². The molecule has 0 aromatic heterocycles. The van der Waals surface area contributed by atoms with Gasteiger partial charge in [-0.2, -0.15) is 5.26 Å². The van der Waals surface area contributed by atoms with Crippen molar-refractivity contribution in [1.29, 1.82) is 5.26 Å². The highest BCUT2D eigenvalue weighted by Gasteiger charge is 2.22. The maximum Gasteiger partial charge on any atom is 0.338 e. The molecule has 0 atom stereocenters. The van der Waals surface area contributed by atoms with Gasteiger partial charge in [0, 0.05) is 37.4 Å². The molecule has 6 nitrogen and oxygen atoms in total. The lowest BCUT2D eigenvalue weighted by atomic mass is 10.1. The van der Waals surface area contributed by atoms with E-state index in [0.717, 1.165) is 5.69 Å². The Hall–Kier alpha value is -3.33. The predicted octanol–water partition coefficient (Wildman–Crippen LogP) is 2.70. The molecule has 27 heavy (non-hydrogen) atoms. The van der Waals surface area contributed by atoms with Crippen LogP contribution in [0, 0.1) is 11.3 Å². The van der Waals surface area contributed by atoms with Crippen LogP contribution < -0.4 is 4.90 Å². The lowest BCUT2D eigenvalue weighted by molar-refractivity contribution is 0.0526. The number of anilines is 1. The highest BCUT2D eigenvalue weighted by molar-refractivity contribution is 5.94. The van der Waals surface area contributed by atoms with Gasteiger partial charge in [0.2, 0.25) is 0 Å². The summed E-state index contributed by atoms with van der Waals surface area (Å²) in [5, 5.41) is 8.99. The molecule has 0 aliphatic carbocycles. The van der Waals surface area contributed by atoms with Crippen molar-refractivity contribution >= 4 is 17.6 Å². The predicted molar refractivity (Wildman–Crippen MR) is 102 cm³/mol. The standard InChI is InChI=1S/C21H21N3O3/c1-2-27-21(26)17-6-8-19(9-7-17)23-10-12-24(13-11-23)20(25)18-5-3-4-16(14-18)15-22/h3-9,14H,2,10-13H2,1H3. The SMILES string of the molecule is CCOC(=O)c1ccc(N2CCN(C(=O)c3cccc(C#N)c3)CC2)cc1. The molecule has 1 saturated heterocycles. The minimum absolute atomic E-state index is 0.0515. The second-order valence-electron chi connectivity index (χ2n) is 6.24. The topological polar surface area (TPSA) is 73.6 Å². The van der Waals surface area contributed by atoms with Crippen molar-refractivity contribution in [2.24, 2.45) is 0 Å². The Morgan fingerprint density at radius 3 is 2.37 bits per heavy atom. The molecule has 1 heterocycles. The summed E-state index contributed by atoms with van der Waals surface area (Å²) in [6, 6.07) is 16.2. The number of ether oxygens (including phenoxy) is 1. The van der Waals surface area contributed by atoms with Crippen LogP contribution in [0.25, 0.3) is 0 Å². The van der Waals surface area contributed by atoms with E-state index in [-0.39, 0.29) is 11.9 Å². The number of carbonyl (C=O) groups is 2. The molecule has 0 bridgehead atoms. The number of nitriles is 1. The molecule has 0 N–H and O–H groups in total. The number of benzene rings is 2. The first-order valence-electron chi connectivity index (χ1n) is 8.94. The molecule has 1 amide bonds. The second-order valence-corrected chi connectivity index (χ2v) is 6.24. The van der Waals surface area contributed by atoms with Gasteiger partial charge in [-0.1, -0.05) is 6.07 Å². The minimum Gasteiger partial charge on any atom is -0.462 e. The number of hydrogen-bond donors (Lipinski definition) is 0. The number of carbonyl (C=O) groups excluding carboxylic acids is 2. The number of nitrogens with zero attached hydrogens (tertiary/aromatic N) is 3. The Kier molecular flexibility index (Phi) is 5.72. The fourth-order valence-electron chi connectivity index (χ4n) is 3.09. The minimum atomic E-state index is -0.320. The van der Waals surface area contributed by atoms with Crippen molar-refractivity contribution in [3.05, 3.63) is 65.2 Å². The van der Waals surface area contributed by atoms with Gasteiger partial charge in [0.15, 0.2) is 0 Å². The number of hydrogen-bond acceptors (Lipinski definition) is 5. The fourth-order valence-corrected chi connectivity index (χ4v) is 3.09. The Balaban J connectivity index is 1.61. The lowest BCUT2D eigenvalue weighted by Gasteiger charge is -2.36. The molecule has 3 rings (SSSR count). The number of piperazine rings is 1. The van der Waals surface area contributed by atoms with Gasteiger partial charge in [-0.15, -0.1) is 0 Å². The van der Waals surface area contributed by atoms with Crippen LogP contribution in [0.15, 0.2) is 48.5 Å². The third-order valence-corrected chi connectivity index (χ3v) is 4.55. The van der Waals surface area contributed by atoms with Gasteiger partial charge in [0.1, 0.15) is 0 Å². The number of amides is 1. The summed E-state index contributed by atoms with van der Waals surface area (Å²) in [6.07, 6.45) is 0. The van der Waals surface area contributed by atoms with Gasteiger partial charge in [0.05, 0.1) is 23.8 Å². The van der Waals surface area contributed by atoms with Gasteiger partial charge in [-0.3, -0.25) is 4.79 Å². The summed E-state index contributed by atoms with van der Waals surface area (Å²) in [5.74, 6) is -0.372. The third-order valence-electron chi connectivity index (χ3n) is 4.55. The second kappa shape index (κ2) is 8.37. The molecule has 6 heteroatoms. The number of esters is 1. The molecule has 2 aromatic rings. The average molecular weight is 363 g/mol. The van der Waals surface area contributed by atoms with Crippen LogP contribution in [-0.2, 0) is 4.74 Å². The van der Waals surface area contributed by atoms with Gasteiger partial charge in [-0.05, 0) is 49.4 Å². The maximum absolute atomic E-state index is 12.6. The van der Waals surface area contributed by atoms with Crippen molar-refractivity contribution in [2.45, 2.75) is 6.92 Å². The van der Waals surface area contributed by atoms with Gasteiger partial charge >= 0.3 is 5.97 Å². The Morgan fingerprint density at radius 1 is 1.04 bits per heavy atom. The first kappa shape index (κ1) is 18.5. The van der Waals surface area contributed by atoms with Crippen molar-refractivity contribution in [3.63, 3.8) is 0 Å². The summed E-state index contributed by atoms with van der Waals surface area (Å²) in [7, 11) is 0. The zero-order chi connectivity index (χ0) is 19.2. The Labute approximate surface area is 158 Å². The van der Waals surface area contributed by atoms with Crippen LogP contribution in [0.2, 0.25) is 0 Å². The van der Waals surface area contributed by atoms with E-state index in [1.807, 2.05) is 12.1 Å². The van der Waals surface area contributed by atoms with E-state index >= 15 is 0 Å². The van der Waals surface area contributed by atoms with Gasteiger partial charge in [-0.25, -0.2) is 4.79 Å². The molecule has 1 aliphatic rings. The Morgan fingerprint density at radius 2 is 1.74 bits per heavy atom. The largest absolute Gasteiger partial charge is 0.462 e. The van der Waals surface area contributed by atoms with Crippen LogP contribution in [0.3, 0.4) is 0 Å². The van der Waals surface area contributed by atoms with E-state index in [0.29, 0.717) is 49.5 Å². The van der Waals surface area contributed by atoms with E-state index < -0.39 is 0 Å². The van der Waals surface area contributed by atoms with Crippen LogP contribution >= 0.6 is 0 Å². The smallest absolute Gasteiger partial charge is 0.338 e. The van der Waals surface area contributed by atoms with E-state index in [4.69, 9.17) is 10.00 Å². The normalized spacial score (nSPS) is 13.8. The molecular formula is C21H21N3O3. The van der Waals surface area contributed by atoms with Crippen LogP contribution in [0.4, 0.5) is 5.69 Å². The van der Waals surface area contributed by atoms with Gasteiger partial charge in [0.25, 0.3) is 5.91 Å². The zero-order valence-corrected chi connectivity index (χ0v) is 15.2. The van der Waals surface area contributed by atoms with Gasteiger partial charge < -0.3 is 14.5 Å². The number of rotatable bonds is 4. The monoisotopic (exact) mass is 363 g/mol. The molecule has 0 unspecified atom stereocenters. The van der Waals surface area contributed by atoms with E-state index in [2.05, 4.69) is 11.0 Å². The Bertz CT molecular complexity index is 863. The molecule has 0 saturated carbocycles. The molecule has 0 spiro atoms. The zero-order valence-electron chi connectivity index (χ0n) is 15.2. The molecule has 1 fully saturated rings. The highest BCUT2D eigenvalue weighted by Crippen LogP contribution is 2.19. The summed E-state index contributed by atoms with van der Waals surface area (Å²) < 4.78 is 5.00. The third kappa shape index (κ3) is 4.26. The molecule has 2 aromatic carbocycles. The summed E-state index contributed by atoms with van der Waals surface area (Å²) in [4.78, 5) is 28.4. The van der Waals surface area contributed by atoms with Crippen LogP contribution in [-0.4, -0.2) is 49.6 Å². The molecular weight excluding hydrogens is 342 g/mol. The fraction of sp³-hybridized carbons (Fsp3) is 0.286. The van der Waals surface area contributed by atoms with Crippen molar-refractivity contribution in [3.8, 4) is 6.07 Å². The first-order chi connectivity index (χ1) is 13.1.